The van der Waals surface area contributed by atoms with Crippen LogP contribution in [0.15, 0.2) is 0 Å². The molecule has 2 nitrogen and oxygen atoms in total. The predicted molar refractivity (Wildman–Crippen MR) is 86.0 cm³/mol. The molecule has 0 bridgehead atoms. The smallest absolute Gasteiger partial charge is 0.0596 e. The van der Waals surface area contributed by atoms with E-state index in [-0.39, 0.29) is 11.5 Å². The van der Waals surface area contributed by atoms with Crippen molar-refractivity contribution in [1.29, 1.82) is 0 Å². The molecule has 1 heterocycles. The summed E-state index contributed by atoms with van der Waals surface area (Å²) in [5, 5.41) is 14.2. The number of rotatable bonds is 0. The highest BCUT2D eigenvalue weighted by molar-refractivity contribution is 5.08. The zero-order valence-corrected chi connectivity index (χ0v) is 13.9. The Balaban J connectivity index is 1.64. The van der Waals surface area contributed by atoms with E-state index >= 15 is 0 Å². The third-order valence-corrected chi connectivity index (χ3v) is 8.53. The van der Waals surface area contributed by atoms with Crippen molar-refractivity contribution in [1.82, 2.24) is 5.32 Å². The zero-order valence-electron chi connectivity index (χ0n) is 13.9. The Hall–Kier alpha value is -0.0800. The van der Waals surface area contributed by atoms with Crippen LogP contribution < -0.4 is 5.32 Å². The Morgan fingerprint density at radius 1 is 0.810 bits per heavy atom. The first-order valence-corrected chi connectivity index (χ1v) is 9.44. The van der Waals surface area contributed by atoms with E-state index in [1.165, 1.54) is 58.0 Å². The van der Waals surface area contributed by atoms with E-state index in [1.807, 2.05) is 0 Å². The molecule has 21 heavy (non-hydrogen) atoms. The van der Waals surface area contributed by atoms with E-state index in [0.29, 0.717) is 5.41 Å². The normalized spacial score (nSPS) is 57.0. The van der Waals surface area contributed by atoms with Gasteiger partial charge in [-0.3, -0.25) is 0 Å². The van der Waals surface area contributed by atoms with Crippen molar-refractivity contribution in [2.75, 3.05) is 13.1 Å². The minimum absolute atomic E-state index is 0.0234. The Labute approximate surface area is 130 Å². The lowest BCUT2D eigenvalue weighted by molar-refractivity contribution is -0.109. The molecule has 1 saturated heterocycles. The maximum atomic E-state index is 10.5. The van der Waals surface area contributed by atoms with Crippen molar-refractivity contribution in [3.8, 4) is 0 Å². The van der Waals surface area contributed by atoms with Crippen LogP contribution in [0.25, 0.3) is 0 Å². The first-order valence-electron chi connectivity index (χ1n) is 9.44. The molecule has 4 fully saturated rings. The number of hydrogen-bond donors (Lipinski definition) is 2. The fourth-order valence-corrected chi connectivity index (χ4v) is 7.13. The van der Waals surface area contributed by atoms with Gasteiger partial charge in [0.15, 0.2) is 0 Å². The molecule has 3 saturated carbocycles. The molecule has 120 valence electrons. The lowest BCUT2D eigenvalue weighted by Gasteiger charge is -2.58. The van der Waals surface area contributed by atoms with E-state index in [4.69, 9.17) is 0 Å². The van der Waals surface area contributed by atoms with Gasteiger partial charge < -0.3 is 10.4 Å². The molecular weight excluding hydrogens is 258 g/mol. The second-order valence-electron chi connectivity index (χ2n) is 9.08. The molecular formula is C19H33NO. The molecule has 0 spiro atoms. The number of aliphatic hydroxyl groups excluding tert-OH is 1. The molecule has 0 amide bonds. The summed E-state index contributed by atoms with van der Waals surface area (Å²) in [6.07, 6.45) is 10.6. The van der Waals surface area contributed by atoms with Gasteiger partial charge in [-0.25, -0.2) is 0 Å². The molecule has 4 rings (SSSR count). The summed E-state index contributed by atoms with van der Waals surface area (Å²) < 4.78 is 0. The maximum absolute atomic E-state index is 10.5. The van der Waals surface area contributed by atoms with Gasteiger partial charge in [-0.1, -0.05) is 13.8 Å². The van der Waals surface area contributed by atoms with Gasteiger partial charge in [0.05, 0.1) is 6.10 Å². The molecule has 0 aromatic heterocycles. The Bertz CT molecular complexity index is 410. The van der Waals surface area contributed by atoms with Gasteiger partial charge >= 0.3 is 0 Å². The van der Waals surface area contributed by atoms with Crippen LogP contribution in [0, 0.1) is 34.5 Å². The largest absolute Gasteiger partial charge is 0.393 e. The van der Waals surface area contributed by atoms with Crippen LogP contribution in [0.2, 0.25) is 0 Å². The minimum Gasteiger partial charge on any atom is -0.393 e. The van der Waals surface area contributed by atoms with E-state index < -0.39 is 0 Å². The Morgan fingerprint density at radius 3 is 2.48 bits per heavy atom. The molecule has 2 N–H and O–H groups in total. The number of nitrogens with one attached hydrogen (secondary N) is 1. The maximum Gasteiger partial charge on any atom is 0.0596 e. The van der Waals surface area contributed by atoms with E-state index in [2.05, 4.69) is 19.2 Å². The van der Waals surface area contributed by atoms with Crippen LogP contribution >= 0.6 is 0 Å². The Kier molecular flexibility index (Phi) is 3.43. The molecule has 1 aliphatic heterocycles. The molecule has 0 aromatic rings. The van der Waals surface area contributed by atoms with Crippen molar-refractivity contribution in [2.24, 2.45) is 34.5 Å². The van der Waals surface area contributed by atoms with Crippen LogP contribution in [0.4, 0.5) is 0 Å². The van der Waals surface area contributed by atoms with Crippen LogP contribution in [-0.4, -0.2) is 24.3 Å². The summed E-state index contributed by atoms with van der Waals surface area (Å²) in [4.78, 5) is 0. The zero-order chi connectivity index (χ0) is 14.7. The second kappa shape index (κ2) is 4.96. The molecule has 0 aromatic carbocycles. The van der Waals surface area contributed by atoms with Crippen LogP contribution in [-0.2, 0) is 0 Å². The molecule has 2 heteroatoms. The third-order valence-electron chi connectivity index (χ3n) is 8.53. The predicted octanol–water partition coefficient (Wildman–Crippen LogP) is 3.59. The summed E-state index contributed by atoms with van der Waals surface area (Å²) in [7, 11) is 0. The van der Waals surface area contributed by atoms with E-state index in [1.54, 1.807) is 0 Å². The quantitative estimate of drug-likeness (QED) is 0.715. The van der Waals surface area contributed by atoms with E-state index in [9.17, 15) is 5.11 Å². The summed E-state index contributed by atoms with van der Waals surface area (Å²) in [6.45, 7) is 7.47. The number of hydrogen-bond acceptors (Lipinski definition) is 2. The van der Waals surface area contributed by atoms with Crippen LogP contribution in [0.1, 0.15) is 65.2 Å². The fourth-order valence-electron chi connectivity index (χ4n) is 7.13. The van der Waals surface area contributed by atoms with Gasteiger partial charge in [0, 0.05) is 0 Å². The number of aliphatic hydroxyl groups is 1. The molecule has 2 unspecified atom stereocenters. The minimum atomic E-state index is -0.0234. The topological polar surface area (TPSA) is 32.3 Å². The van der Waals surface area contributed by atoms with Gasteiger partial charge in [0.25, 0.3) is 0 Å². The summed E-state index contributed by atoms with van der Waals surface area (Å²) in [5.74, 6) is 3.59. The summed E-state index contributed by atoms with van der Waals surface area (Å²) in [6, 6.07) is 0. The third kappa shape index (κ3) is 1.97. The van der Waals surface area contributed by atoms with Gasteiger partial charge in [-0.2, -0.15) is 0 Å². The molecule has 7 atom stereocenters. The number of fused-ring (bicyclic) bond motifs is 5. The lowest BCUT2D eigenvalue weighted by atomic mass is 9.47. The van der Waals surface area contributed by atoms with Crippen molar-refractivity contribution >= 4 is 0 Å². The highest BCUT2D eigenvalue weighted by Crippen LogP contribution is 2.65. The fraction of sp³-hybridized carbons (Fsp3) is 1.00. The highest BCUT2D eigenvalue weighted by Gasteiger charge is 2.59. The SMILES string of the molecule is C[C@]12CCNCCC1CC[C@@H]1[C@@H]2CC[C@]2(C)C(O)CC[C@@H]12. The first kappa shape index (κ1) is 14.5. The summed E-state index contributed by atoms with van der Waals surface area (Å²) in [5.41, 5.74) is 0.814. The molecule has 0 radical (unpaired) electrons. The van der Waals surface area contributed by atoms with Gasteiger partial charge in [0.2, 0.25) is 0 Å². The first-order chi connectivity index (χ1) is 10.1. The van der Waals surface area contributed by atoms with Crippen molar-refractivity contribution in [3.05, 3.63) is 0 Å². The van der Waals surface area contributed by atoms with Crippen molar-refractivity contribution in [2.45, 2.75) is 71.3 Å². The van der Waals surface area contributed by atoms with E-state index in [0.717, 1.165) is 30.1 Å². The average molecular weight is 291 g/mol. The summed E-state index contributed by atoms with van der Waals surface area (Å²) >= 11 is 0. The molecule has 4 aliphatic rings. The van der Waals surface area contributed by atoms with Gasteiger partial charge in [-0.05, 0) is 99.0 Å². The van der Waals surface area contributed by atoms with Gasteiger partial charge in [-0.15, -0.1) is 0 Å². The van der Waals surface area contributed by atoms with Gasteiger partial charge in [0.1, 0.15) is 0 Å². The standard InChI is InChI=1S/C19H33NO/c1-18-10-12-20-11-8-13(18)3-4-14-15-5-6-17(21)19(15,2)9-7-16(14)18/h13-17,20-21H,3-12H2,1-2H3/t13?,14-,15-,16-,17?,18-,19-/m0/s1. The molecule has 3 aliphatic carbocycles. The van der Waals surface area contributed by atoms with Crippen LogP contribution in [0.5, 0.6) is 0 Å². The average Bonchev–Trinajstić information content (AvgIpc) is 2.65. The monoisotopic (exact) mass is 291 g/mol. The second-order valence-corrected chi connectivity index (χ2v) is 9.08. The van der Waals surface area contributed by atoms with Crippen LogP contribution in [0.3, 0.4) is 0 Å². The van der Waals surface area contributed by atoms with Crippen molar-refractivity contribution in [3.63, 3.8) is 0 Å². The lowest BCUT2D eigenvalue weighted by Crippen LogP contribution is -2.52. The Morgan fingerprint density at radius 2 is 1.62 bits per heavy atom. The highest BCUT2D eigenvalue weighted by atomic mass is 16.3. The van der Waals surface area contributed by atoms with Crippen molar-refractivity contribution < 1.29 is 5.11 Å².